The van der Waals surface area contributed by atoms with E-state index >= 15 is 0 Å². The van der Waals surface area contributed by atoms with Gasteiger partial charge in [-0.25, -0.2) is 13.6 Å². The van der Waals surface area contributed by atoms with Crippen molar-refractivity contribution in [3.63, 3.8) is 0 Å². The number of sulfonamides is 1. The van der Waals surface area contributed by atoms with Crippen molar-refractivity contribution in [1.82, 2.24) is 4.90 Å². The third-order valence-electron chi connectivity index (χ3n) is 5.56. The van der Waals surface area contributed by atoms with Gasteiger partial charge in [0.1, 0.15) is 0 Å². The molecule has 0 radical (unpaired) electrons. The van der Waals surface area contributed by atoms with Gasteiger partial charge in [-0.05, 0) is 81.0 Å². The molecular formula is C21H26N2O3S. The summed E-state index contributed by atoms with van der Waals surface area (Å²) < 4.78 is 23.8. The van der Waals surface area contributed by atoms with Gasteiger partial charge in [0.25, 0.3) is 5.91 Å². The number of amides is 1. The summed E-state index contributed by atoms with van der Waals surface area (Å²) in [5.41, 5.74) is 6.57. The number of carbonyl (C=O) groups is 1. The molecule has 144 valence electrons. The summed E-state index contributed by atoms with van der Waals surface area (Å²) in [6, 6.07) is 7.41. The standard InChI is InChI=1S/C21H26N2O3S/c1-12-8-14(3)20-16(5)23(7-6-17(20)9-12)21(24)18-10-13(2)15(4)19(11-18)27(22,25)26/h8-11,16H,6-7H2,1-5H3,(H2,22,25,26). The first kappa shape index (κ1) is 19.6. The molecule has 1 heterocycles. The SMILES string of the molecule is Cc1cc(C)c2c(c1)CCN(C(=O)c1cc(C)c(C)c(S(N)(=O)=O)c1)C2C. The van der Waals surface area contributed by atoms with E-state index in [1.165, 1.54) is 28.3 Å². The van der Waals surface area contributed by atoms with Gasteiger partial charge in [-0.15, -0.1) is 0 Å². The Morgan fingerprint density at radius 3 is 2.37 bits per heavy atom. The minimum atomic E-state index is -3.89. The third kappa shape index (κ3) is 3.51. The van der Waals surface area contributed by atoms with Crippen LogP contribution in [0.2, 0.25) is 0 Å². The number of rotatable bonds is 2. The van der Waals surface area contributed by atoms with Gasteiger partial charge < -0.3 is 4.90 Å². The smallest absolute Gasteiger partial charge is 0.254 e. The summed E-state index contributed by atoms with van der Waals surface area (Å²) in [5, 5.41) is 5.35. The van der Waals surface area contributed by atoms with Gasteiger partial charge in [-0.2, -0.15) is 0 Å². The molecule has 2 N–H and O–H groups in total. The second-order valence-corrected chi connectivity index (χ2v) is 9.07. The molecule has 0 saturated heterocycles. The minimum absolute atomic E-state index is 0.0164. The molecule has 1 aliphatic heterocycles. The second kappa shape index (κ2) is 6.77. The van der Waals surface area contributed by atoms with Gasteiger partial charge in [-0.1, -0.05) is 17.7 Å². The molecule has 1 atom stereocenters. The Bertz CT molecular complexity index is 1040. The number of benzene rings is 2. The Labute approximate surface area is 161 Å². The number of nitrogens with two attached hydrogens (primary N) is 1. The van der Waals surface area contributed by atoms with E-state index in [0.717, 1.165) is 12.0 Å². The number of primary sulfonamides is 1. The van der Waals surface area contributed by atoms with E-state index in [-0.39, 0.29) is 16.8 Å². The summed E-state index contributed by atoms with van der Waals surface area (Å²) in [5.74, 6) is -0.166. The van der Waals surface area contributed by atoms with Crippen molar-refractivity contribution >= 4 is 15.9 Å². The first-order chi connectivity index (χ1) is 12.5. The maximum absolute atomic E-state index is 13.2. The molecule has 0 saturated carbocycles. The number of hydrogen-bond acceptors (Lipinski definition) is 3. The van der Waals surface area contributed by atoms with Crippen LogP contribution >= 0.6 is 0 Å². The summed E-state index contributed by atoms with van der Waals surface area (Å²) in [6.07, 6.45) is 0.792. The second-order valence-electron chi connectivity index (χ2n) is 7.54. The first-order valence-corrected chi connectivity index (χ1v) is 10.6. The Morgan fingerprint density at radius 1 is 1.07 bits per heavy atom. The van der Waals surface area contributed by atoms with Crippen LogP contribution in [0, 0.1) is 27.7 Å². The molecule has 2 aromatic rings. The number of hydrogen-bond donors (Lipinski definition) is 1. The fraction of sp³-hybridized carbons (Fsp3) is 0.381. The third-order valence-corrected chi connectivity index (χ3v) is 6.60. The Balaban J connectivity index is 2.04. The number of fused-ring (bicyclic) bond motifs is 1. The lowest BCUT2D eigenvalue weighted by molar-refractivity contribution is 0.0677. The molecule has 1 amide bonds. The highest BCUT2D eigenvalue weighted by molar-refractivity contribution is 7.89. The van der Waals surface area contributed by atoms with Crippen LogP contribution in [-0.4, -0.2) is 25.8 Å². The molecule has 1 unspecified atom stereocenters. The average molecular weight is 387 g/mol. The van der Waals surface area contributed by atoms with Crippen molar-refractivity contribution in [2.45, 2.75) is 52.0 Å². The van der Waals surface area contributed by atoms with Crippen molar-refractivity contribution in [2.24, 2.45) is 5.14 Å². The Hall–Kier alpha value is -2.18. The molecule has 0 bridgehead atoms. The zero-order chi connectivity index (χ0) is 20.1. The largest absolute Gasteiger partial charge is 0.332 e. The van der Waals surface area contributed by atoms with E-state index in [4.69, 9.17) is 5.14 Å². The van der Waals surface area contributed by atoms with Gasteiger partial charge in [0.05, 0.1) is 10.9 Å². The van der Waals surface area contributed by atoms with Crippen molar-refractivity contribution in [1.29, 1.82) is 0 Å². The fourth-order valence-electron chi connectivity index (χ4n) is 4.15. The van der Waals surface area contributed by atoms with E-state index in [9.17, 15) is 13.2 Å². The van der Waals surface area contributed by atoms with Gasteiger partial charge in [-0.3, -0.25) is 4.79 Å². The molecule has 27 heavy (non-hydrogen) atoms. The normalized spacial score (nSPS) is 17.0. The molecule has 0 fully saturated rings. The highest BCUT2D eigenvalue weighted by Gasteiger charge is 2.30. The quantitative estimate of drug-likeness (QED) is 0.860. The number of nitrogens with zero attached hydrogens (tertiary/aromatic N) is 1. The lowest BCUT2D eigenvalue weighted by Gasteiger charge is -2.37. The summed E-state index contributed by atoms with van der Waals surface area (Å²) in [4.78, 5) is 15.1. The van der Waals surface area contributed by atoms with Gasteiger partial charge in [0.2, 0.25) is 10.0 Å². The van der Waals surface area contributed by atoms with Crippen LogP contribution < -0.4 is 5.14 Å². The molecule has 5 nitrogen and oxygen atoms in total. The molecule has 0 aromatic heterocycles. The highest BCUT2D eigenvalue weighted by Crippen LogP contribution is 2.34. The van der Waals surface area contributed by atoms with E-state index in [1.807, 2.05) is 11.8 Å². The molecule has 2 aromatic carbocycles. The molecular weight excluding hydrogens is 360 g/mol. The monoisotopic (exact) mass is 386 g/mol. The maximum Gasteiger partial charge on any atom is 0.254 e. The molecule has 0 aliphatic carbocycles. The number of aryl methyl sites for hydroxylation is 3. The number of carbonyl (C=O) groups excluding carboxylic acids is 1. The van der Waals surface area contributed by atoms with Crippen LogP contribution in [0.15, 0.2) is 29.2 Å². The van der Waals surface area contributed by atoms with Crippen molar-refractivity contribution in [3.05, 3.63) is 63.2 Å². The van der Waals surface area contributed by atoms with Gasteiger partial charge in [0, 0.05) is 12.1 Å². The fourth-order valence-corrected chi connectivity index (χ4v) is 5.03. The molecule has 3 rings (SSSR count). The summed E-state index contributed by atoms with van der Waals surface area (Å²) >= 11 is 0. The van der Waals surface area contributed by atoms with Crippen LogP contribution in [0.25, 0.3) is 0 Å². The van der Waals surface area contributed by atoms with E-state index in [0.29, 0.717) is 17.7 Å². The van der Waals surface area contributed by atoms with Crippen molar-refractivity contribution < 1.29 is 13.2 Å². The Kier molecular flexibility index (Phi) is 4.91. The van der Waals surface area contributed by atoms with Crippen LogP contribution in [0.3, 0.4) is 0 Å². The average Bonchev–Trinajstić information content (AvgIpc) is 2.55. The lowest BCUT2D eigenvalue weighted by Crippen LogP contribution is -2.39. The molecule has 0 spiro atoms. The van der Waals surface area contributed by atoms with Crippen molar-refractivity contribution in [2.75, 3.05) is 6.54 Å². The summed E-state index contributed by atoms with van der Waals surface area (Å²) in [6.45, 7) is 10.3. The van der Waals surface area contributed by atoms with E-state index in [2.05, 4.69) is 26.0 Å². The van der Waals surface area contributed by atoms with Crippen LogP contribution in [0.1, 0.15) is 56.7 Å². The highest BCUT2D eigenvalue weighted by atomic mass is 32.2. The van der Waals surface area contributed by atoms with Crippen LogP contribution in [0.4, 0.5) is 0 Å². The predicted molar refractivity (Wildman–Crippen MR) is 106 cm³/mol. The summed E-state index contributed by atoms with van der Waals surface area (Å²) in [7, 11) is -3.89. The van der Waals surface area contributed by atoms with E-state index in [1.54, 1.807) is 19.9 Å². The molecule has 1 aliphatic rings. The van der Waals surface area contributed by atoms with Crippen LogP contribution in [-0.2, 0) is 16.4 Å². The van der Waals surface area contributed by atoms with Crippen molar-refractivity contribution in [3.8, 4) is 0 Å². The first-order valence-electron chi connectivity index (χ1n) is 9.05. The van der Waals surface area contributed by atoms with Crippen LogP contribution in [0.5, 0.6) is 0 Å². The van der Waals surface area contributed by atoms with Gasteiger partial charge >= 0.3 is 0 Å². The lowest BCUT2D eigenvalue weighted by atomic mass is 9.88. The minimum Gasteiger partial charge on any atom is -0.332 e. The predicted octanol–water partition coefficient (Wildman–Crippen LogP) is 3.33. The van der Waals surface area contributed by atoms with Gasteiger partial charge in [0.15, 0.2) is 0 Å². The topological polar surface area (TPSA) is 80.5 Å². The maximum atomic E-state index is 13.2. The zero-order valence-corrected chi connectivity index (χ0v) is 17.3. The van der Waals surface area contributed by atoms with E-state index < -0.39 is 10.0 Å². The zero-order valence-electron chi connectivity index (χ0n) is 16.5. The Morgan fingerprint density at radius 2 is 1.74 bits per heavy atom. The molecule has 6 heteroatoms.